The van der Waals surface area contributed by atoms with Crippen molar-refractivity contribution in [1.29, 1.82) is 0 Å². The Balaban J connectivity index is 3.22. The Kier molecular flexibility index (Phi) is 4.16. The van der Waals surface area contributed by atoms with E-state index in [9.17, 15) is 8.42 Å². The highest BCUT2D eigenvalue weighted by molar-refractivity contribution is 9.11. The van der Waals surface area contributed by atoms with E-state index < -0.39 is 14.8 Å². The molecule has 0 saturated heterocycles. The van der Waals surface area contributed by atoms with Crippen LogP contribution in [0.2, 0.25) is 0 Å². The zero-order chi connectivity index (χ0) is 13.4. The molecule has 0 spiro atoms. The number of hydrogen-bond acceptors (Lipinski definition) is 3. The van der Waals surface area contributed by atoms with Gasteiger partial charge in [-0.3, -0.25) is 4.72 Å². The van der Waals surface area contributed by atoms with Crippen molar-refractivity contribution in [3.05, 3.63) is 21.1 Å². The van der Waals surface area contributed by atoms with Crippen molar-refractivity contribution >= 4 is 53.3 Å². The van der Waals surface area contributed by atoms with Crippen molar-refractivity contribution < 1.29 is 8.42 Å². The second-order valence-corrected chi connectivity index (χ2v) is 8.78. The molecular formula is C10H14Br2N2O2S. The van der Waals surface area contributed by atoms with Crippen molar-refractivity contribution in [2.24, 2.45) is 0 Å². The van der Waals surface area contributed by atoms with E-state index in [1.54, 1.807) is 32.9 Å². The molecule has 1 aromatic carbocycles. The molecule has 0 radical (unpaired) electrons. The SMILES string of the molecule is CC(C)(C)S(=O)(=O)Nc1c(N)cc(Br)cc1Br. The molecule has 1 aromatic rings. The summed E-state index contributed by atoms with van der Waals surface area (Å²) < 4.78 is 27.0. The lowest BCUT2D eigenvalue weighted by Gasteiger charge is -2.22. The van der Waals surface area contributed by atoms with Crippen molar-refractivity contribution in [1.82, 2.24) is 0 Å². The van der Waals surface area contributed by atoms with Crippen LogP contribution in [0, 0.1) is 0 Å². The molecule has 0 atom stereocenters. The molecule has 0 unspecified atom stereocenters. The van der Waals surface area contributed by atoms with Crippen molar-refractivity contribution in [3.63, 3.8) is 0 Å². The molecule has 96 valence electrons. The highest BCUT2D eigenvalue weighted by Crippen LogP contribution is 2.34. The smallest absolute Gasteiger partial charge is 0.237 e. The lowest BCUT2D eigenvalue weighted by molar-refractivity contribution is 0.566. The summed E-state index contributed by atoms with van der Waals surface area (Å²) in [5, 5.41) is 0. The van der Waals surface area contributed by atoms with E-state index in [0.717, 1.165) is 4.47 Å². The van der Waals surface area contributed by atoms with Crippen molar-refractivity contribution in [3.8, 4) is 0 Å². The summed E-state index contributed by atoms with van der Waals surface area (Å²) in [5.74, 6) is 0. The van der Waals surface area contributed by atoms with Gasteiger partial charge < -0.3 is 5.73 Å². The van der Waals surface area contributed by atoms with Crippen molar-refractivity contribution in [2.75, 3.05) is 10.5 Å². The molecule has 0 fully saturated rings. The van der Waals surface area contributed by atoms with Gasteiger partial charge in [0.05, 0.1) is 16.1 Å². The number of rotatable bonds is 2. The van der Waals surface area contributed by atoms with Gasteiger partial charge in [-0.25, -0.2) is 8.42 Å². The zero-order valence-corrected chi connectivity index (χ0v) is 13.7. The summed E-state index contributed by atoms with van der Waals surface area (Å²) in [5.41, 5.74) is 6.51. The fraction of sp³-hybridized carbons (Fsp3) is 0.400. The maximum atomic E-state index is 12.0. The van der Waals surface area contributed by atoms with Gasteiger partial charge in [0.2, 0.25) is 10.0 Å². The molecule has 1 rings (SSSR count). The monoisotopic (exact) mass is 384 g/mol. The van der Waals surface area contributed by atoms with E-state index in [1.807, 2.05) is 0 Å². The van der Waals surface area contributed by atoms with Gasteiger partial charge in [-0.1, -0.05) is 15.9 Å². The van der Waals surface area contributed by atoms with Gasteiger partial charge in [0, 0.05) is 8.95 Å². The first-order chi connectivity index (χ1) is 7.54. The van der Waals surface area contributed by atoms with Crippen LogP contribution in [-0.2, 0) is 10.0 Å². The van der Waals surface area contributed by atoms with E-state index in [-0.39, 0.29) is 0 Å². The normalized spacial score (nSPS) is 12.5. The molecule has 7 heteroatoms. The Morgan fingerprint density at radius 1 is 1.24 bits per heavy atom. The molecular weight excluding hydrogens is 372 g/mol. The summed E-state index contributed by atoms with van der Waals surface area (Å²) in [4.78, 5) is 0. The molecule has 0 aliphatic heterocycles. The van der Waals surface area contributed by atoms with Gasteiger partial charge in [-0.05, 0) is 48.8 Å². The fourth-order valence-electron chi connectivity index (χ4n) is 0.989. The molecule has 0 heterocycles. The Morgan fingerprint density at radius 3 is 2.18 bits per heavy atom. The highest BCUT2D eigenvalue weighted by Gasteiger charge is 2.30. The van der Waals surface area contributed by atoms with E-state index >= 15 is 0 Å². The summed E-state index contributed by atoms with van der Waals surface area (Å²) in [6.07, 6.45) is 0. The molecule has 0 saturated carbocycles. The summed E-state index contributed by atoms with van der Waals surface area (Å²) >= 11 is 6.56. The quantitative estimate of drug-likeness (QED) is 0.767. The Morgan fingerprint density at radius 2 is 1.76 bits per heavy atom. The van der Waals surface area contributed by atoms with Crippen LogP contribution >= 0.6 is 31.9 Å². The van der Waals surface area contributed by atoms with Crippen LogP contribution in [0.3, 0.4) is 0 Å². The topological polar surface area (TPSA) is 72.2 Å². The lowest BCUT2D eigenvalue weighted by atomic mass is 10.3. The van der Waals surface area contributed by atoms with Gasteiger partial charge in [-0.2, -0.15) is 0 Å². The number of sulfonamides is 1. The van der Waals surface area contributed by atoms with Crippen LogP contribution in [0.15, 0.2) is 21.1 Å². The van der Waals surface area contributed by atoms with E-state index in [1.165, 1.54) is 0 Å². The Hall–Kier alpha value is -0.270. The van der Waals surface area contributed by atoms with Gasteiger partial charge in [0.25, 0.3) is 0 Å². The van der Waals surface area contributed by atoms with Gasteiger partial charge in [0.1, 0.15) is 0 Å². The predicted octanol–water partition coefficient (Wildman–Crippen LogP) is 3.33. The Bertz CT molecular complexity index is 513. The fourth-order valence-corrected chi connectivity index (χ4v) is 3.28. The summed E-state index contributed by atoms with van der Waals surface area (Å²) in [6.45, 7) is 4.87. The van der Waals surface area contributed by atoms with Crippen LogP contribution in [-0.4, -0.2) is 13.2 Å². The van der Waals surface area contributed by atoms with Crippen LogP contribution in [0.4, 0.5) is 11.4 Å². The first kappa shape index (κ1) is 14.8. The van der Waals surface area contributed by atoms with E-state index in [0.29, 0.717) is 15.8 Å². The number of hydrogen-bond donors (Lipinski definition) is 2. The minimum Gasteiger partial charge on any atom is -0.397 e. The molecule has 3 N–H and O–H groups in total. The maximum absolute atomic E-state index is 12.0. The number of halogens is 2. The highest BCUT2D eigenvalue weighted by atomic mass is 79.9. The number of benzene rings is 1. The predicted molar refractivity (Wildman–Crippen MR) is 78.5 cm³/mol. The van der Waals surface area contributed by atoms with Gasteiger partial charge in [-0.15, -0.1) is 0 Å². The minimum atomic E-state index is -3.48. The van der Waals surface area contributed by atoms with Crippen LogP contribution < -0.4 is 10.5 Å². The Labute approximate surface area is 118 Å². The molecule has 0 aliphatic carbocycles. The second-order valence-electron chi connectivity index (χ2n) is 4.57. The molecule has 17 heavy (non-hydrogen) atoms. The van der Waals surface area contributed by atoms with Crippen LogP contribution in [0.5, 0.6) is 0 Å². The largest absolute Gasteiger partial charge is 0.397 e. The van der Waals surface area contributed by atoms with Crippen LogP contribution in [0.25, 0.3) is 0 Å². The second kappa shape index (κ2) is 4.78. The first-order valence-corrected chi connectivity index (χ1v) is 7.88. The van der Waals surface area contributed by atoms with E-state index in [4.69, 9.17) is 5.73 Å². The third-order valence-electron chi connectivity index (χ3n) is 2.13. The molecule has 0 bridgehead atoms. The average Bonchev–Trinajstić information content (AvgIpc) is 2.09. The van der Waals surface area contributed by atoms with Gasteiger partial charge >= 0.3 is 0 Å². The first-order valence-electron chi connectivity index (χ1n) is 4.81. The maximum Gasteiger partial charge on any atom is 0.237 e. The number of anilines is 2. The summed E-state index contributed by atoms with van der Waals surface area (Å²) in [6, 6.07) is 3.38. The number of nitrogens with one attached hydrogen (secondary N) is 1. The molecule has 0 aromatic heterocycles. The number of nitrogen functional groups attached to an aromatic ring is 1. The van der Waals surface area contributed by atoms with Crippen molar-refractivity contribution in [2.45, 2.75) is 25.5 Å². The average molecular weight is 386 g/mol. The lowest BCUT2D eigenvalue weighted by Crippen LogP contribution is -2.34. The van der Waals surface area contributed by atoms with Crippen LogP contribution in [0.1, 0.15) is 20.8 Å². The number of nitrogens with two attached hydrogens (primary N) is 1. The third-order valence-corrected chi connectivity index (χ3v) is 5.30. The molecule has 0 amide bonds. The third kappa shape index (κ3) is 3.35. The molecule has 4 nitrogen and oxygen atoms in total. The summed E-state index contributed by atoms with van der Waals surface area (Å²) in [7, 11) is -3.48. The minimum absolute atomic E-state index is 0.360. The van der Waals surface area contributed by atoms with Gasteiger partial charge in [0.15, 0.2) is 0 Å². The van der Waals surface area contributed by atoms with E-state index in [2.05, 4.69) is 36.6 Å². The zero-order valence-electron chi connectivity index (χ0n) is 9.71. The standard InChI is InChI=1S/C10H14Br2N2O2S/c1-10(2,3)17(15,16)14-9-7(12)4-6(11)5-8(9)13/h4-5,14H,13H2,1-3H3. The molecule has 0 aliphatic rings.